The number of benzene rings is 2. The standard InChI is InChI=1S/C21H27FN3O3P/c1-27-17-5-3-16(4-6-17)25-12-10-24(11-13-25)9-8-19(28-21(23)26)15-2-7-18(22)20(29)14-15/h2-7,14,19H,8-13,29H2,1H3,(H2,23,26). The molecule has 2 aromatic rings. The predicted octanol–water partition coefficient (Wildman–Crippen LogP) is 2.68. The highest BCUT2D eigenvalue weighted by Crippen LogP contribution is 2.24. The summed E-state index contributed by atoms with van der Waals surface area (Å²) in [5.74, 6) is 0.536. The molecule has 0 spiro atoms. The van der Waals surface area contributed by atoms with Crippen LogP contribution in [0.25, 0.3) is 0 Å². The van der Waals surface area contributed by atoms with Gasteiger partial charge in [-0.25, -0.2) is 9.18 Å². The number of primary amides is 1. The number of hydrogen-bond acceptors (Lipinski definition) is 5. The maximum absolute atomic E-state index is 13.5. The van der Waals surface area contributed by atoms with Crippen LogP contribution in [0.15, 0.2) is 42.5 Å². The van der Waals surface area contributed by atoms with Crippen molar-refractivity contribution in [2.24, 2.45) is 5.73 Å². The largest absolute Gasteiger partial charge is 0.497 e. The van der Waals surface area contributed by atoms with Gasteiger partial charge in [0.15, 0.2) is 0 Å². The van der Waals surface area contributed by atoms with Crippen molar-refractivity contribution >= 4 is 26.3 Å². The Balaban J connectivity index is 1.55. The van der Waals surface area contributed by atoms with Crippen LogP contribution in [0.1, 0.15) is 18.1 Å². The number of ether oxygens (including phenoxy) is 2. The van der Waals surface area contributed by atoms with Crippen LogP contribution in [0, 0.1) is 5.82 Å². The number of nitrogens with zero attached hydrogens (tertiary/aromatic N) is 2. The molecule has 3 rings (SSSR count). The highest BCUT2D eigenvalue weighted by Gasteiger charge is 2.21. The minimum Gasteiger partial charge on any atom is -0.497 e. The van der Waals surface area contributed by atoms with Gasteiger partial charge < -0.3 is 20.1 Å². The van der Waals surface area contributed by atoms with Gasteiger partial charge in [-0.1, -0.05) is 6.07 Å². The average molecular weight is 419 g/mol. The van der Waals surface area contributed by atoms with Crippen LogP contribution in [0.4, 0.5) is 14.9 Å². The molecule has 0 aliphatic carbocycles. The molecule has 1 aliphatic rings. The van der Waals surface area contributed by atoms with E-state index in [1.54, 1.807) is 19.2 Å². The summed E-state index contributed by atoms with van der Waals surface area (Å²) in [6, 6.07) is 12.8. The Labute approximate surface area is 173 Å². The molecular weight excluding hydrogens is 392 g/mol. The van der Waals surface area contributed by atoms with E-state index in [0.29, 0.717) is 11.7 Å². The van der Waals surface area contributed by atoms with Gasteiger partial charge in [0.25, 0.3) is 0 Å². The first kappa shape index (κ1) is 21.3. The second-order valence-electron chi connectivity index (χ2n) is 7.02. The van der Waals surface area contributed by atoms with Crippen molar-refractivity contribution in [1.29, 1.82) is 0 Å². The van der Waals surface area contributed by atoms with Gasteiger partial charge in [0.05, 0.1) is 7.11 Å². The van der Waals surface area contributed by atoms with E-state index in [9.17, 15) is 9.18 Å². The topological polar surface area (TPSA) is 68.0 Å². The SMILES string of the molecule is COc1ccc(N2CCN(CCC(OC(N)=O)c3ccc(F)c(P)c3)CC2)cc1. The fourth-order valence-electron chi connectivity index (χ4n) is 3.52. The molecule has 1 saturated heterocycles. The molecule has 1 amide bonds. The maximum atomic E-state index is 13.5. The number of amides is 1. The van der Waals surface area contributed by atoms with Crippen LogP contribution in [0.3, 0.4) is 0 Å². The van der Waals surface area contributed by atoms with Gasteiger partial charge in [-0.3, -0.25) is 4.90 Å². The lowest BCUT2D eigenvalue weighted by molar-refractivity contribution is 0.0911. The Kier molecular flexibility index (Phi) is 7.29. The van der Waals surface area contributed by atoms with Crippen LogP contribution in [0.2, 0.25) is 0 Å². The van der Waals surface area contributed by atoms with Gasteiger partial charge in [-0.15, -0.1) is 9.24 Å². The monoisotopic (exact) mass is 419 g/mol. The fraction of sp³-hybridized carbons (Fsp3) is 0.381. The molecule has 2 atom stereocenters. The smallest absolute Gasteiger partial charge is 0.405 e. The third-order valence-corrected chi connectivity index (χ3v) is 5.61. The third kappa shape index (κ3) is 5.81. The van der Waals surface area contributed by atoms with Crippen LogP contribution in [-0.4, -0.2) is 50.8 Å². The molecule has 156 valence electrons. The number of rotatable bonds is 7. The number of carbonyl (C=O) groups excluding carboxylic acids is 1. The second kappa shape index (κ2) is 9.90. The molecule has 0 radical (unpaired) electrons. The van der Waals surface area contributed by atoms with Crippen LogP contribution >= 0.6 is 9.24 Å². The third-order valence-electron chi connectivity index (χ3n) is 5.17. The summed E-state index contributed by atoms with van der Waals surface area (Å²) < 4.78 is 24.1. The van der Waals surface area contributed by atoms with E-state index in [2.05, 4.69) is 31.2 Å². The van der Waals surface area contributed by atoms with E-state index >= 15 is 0 Å². The number of nitrogens with two attached hydrogens (primary N) is 1. The summed E-state index contributed by atoms with van der Waals surface area (Å²) in [6.45, 7) is 4.42. The lowest BCUT2D eigenvalue weighted by Crippen LogP contribution is -2.46. The summed E-state index contributed by atoms with van der Waals surface area (Å²) >= 11 is 0. The second-order valence-corrected chi connectivity index (χ2v) is 7.64. The molecule has 29 heavy (non-hydrogen) atoms. The molecule has 0 saturated carbocycles. The van der Waals surface area contributed by atoms with Crippen molar-refractivity contribution in [3.05, 3.63) is 53.8 Å². The number of piperazine rings is 1. The molecule has 2 N–H and O–H groups in total. The van der Waals surface area contributed by atoms with E-state index in [4.69, 9.17) is 15.2 Å². The minimum absolute atomic E-state index is 0.314. The number of halogens is 1. The zero-order valence-electron chi connectivity index (χ0n) is 16.5. The summed E-state index contributed by atoms with van der Waals surface area (Å²) in [5, 5.41) is 0.439. The molecule has 0 aromatic heterocycles. The molecule has 8 heteroatoms. The van der Waals surface area contributed by atoms with Gasteiger partial charge in [-0.05, 0) is 42.0 Å². The molecule has 1 aliphatic heterocycles. The van der Waals surface area contributed by atoms with Gasteiger partial charge >= 0.3 is 6.09 Å². The van der Waals surface area contributed by atoms with E-state index in [1.807, 2.05) is 12.1 Å². The van der Waals surface area contributed by atoms with E-state index in [0.717, 1.165) is 44.0 Å². The molecule has 1 fully saturated rings. The van der Waals surface area contributed by atoms with Gasteiger partial charge in [0.1, 0.15) is 17.7 Å². The highest BCUT2D eigenvalue weighted by molar-refractivity contribution is 7.27. The van der Waals surface area contributed by atoms with Crippen LogP contribution in [-0.2, 0) is 4.74 Å². The average Bonchev–Trinajstić information content (AvgIpc) is 2.73. The van der Waals surface area contributed by atoms with E-state index in [-0.39, 0.29) is 5.82 Å². The first-order valence-electron chi connectivity index (χ1n) is 9.58. The Morgan fingerprint density at radius 2 is 1.86 bits per heavy atom. The zero-order chi connectivity index (χ0) is 20.8. The van der Waals surface area contributed by atoms with Crippen molar-refractivity contribution < 1.29 is 18.7 Å². The number of methoxy groups -OCH3 is 1. The summed E-state index contributed by atoms with van der Waals surface area (Å²) in [6.07, 6.45) is -0.720. The number of carbonyl (C=O) groups is 1. The molecule has 6 nitrogen and oxygen atoms in total. The maximum Gasteiger partial charge on any atom is 0.405 e. The van der Waals surface area contributed by atoms with Crippen molar-refractivity contribution in [2.45, 2.75) is 12.5 Å². The van der Waals surface area contributed by atoms with Crippen molar-refractivity contribution in [3.8, 4) is 5.75 Å². The van der Waals surface area contributed by atoms with E-state index in [1.165, 1.54) is 11.8 Å². The van der Waals surface area contributed by atoms with Crippen molar-refractivity contribution in [1.82, 2.24) is 4.90 Å². The van der Waals surface area contributed by atoms with Gasteiger partial charge in [0.2, 0.25) is 0 Å². The Morgan fingerprint density at radius 3 is 2.45 bits per heavy atom. The zero-order valence-corrected chi connectivity index (χ0v) is 17.7. The number of hydrogen-bond donors (Lipinski definition) is 1. The predicted molar refractivity (Wildman–Crippen MR) is 115 cm³/mol. The summed E-state index contributed by atoms with van der Waals surface area (Å²) in [7, 11) is 4.01. The highest BCUT2D eigenvalue weighted by atomic mass is 31.0. The Morgan fingerprint density at radius 1 is 1.17 bits per heavy atom. The summed E-state index contributed by atoms with van der Waals surface area (Å²) in [5.41, 5.74) is 7.16. The lowest BCUT2D eigenvalue weighted by Gasteiger charge is -2.36. The van der Waals surface area contributed by atoms with Gasteiger partial charge in [-0.2, -0.15) is 0 Å². The Hall–Kier alpha value is -2.37. The molecule has 0 bridgehead atoms. The quantitative estimate of drug-likeness (QED) is 0.699. The number of anilines is 1. The molecule has 2 unspecified atom stereocenters. The minimum atomic E-state index is -0.825. The Bertz CT molecular complexity index is 826. The summed E-state index contributed by atoms with van der Waals surface area (Å²) in [4.78, 5) is 16.0. The molecule has 1 heterocycles. The first-order chi connectivity index (χ1) is 14.0. The van der Waals surface area contributed by atoms with Gasteiger partial charge in [0, 0.05) is 50.1 Å². The molecular formula is C21H27FN3O3P. The van der Waals surface area contributed by atoms with E-state index < -0.39 is 12.2 Å². The van der Waals surface area contributed by atoms with Crippen LogP contribution < -0.4 is 20.7 Å². The van der Waals surface area contributed by atoms with Crippen molar-refractivity contribution in [2.75, 3.05) is 44.7 Å². The molecule has 2 aromatic carbocycles. The normalized spacial score (nSPS) is 15.8. The van der Waals surface area contributed by atoms with Crippen molar-refractivity contribution in [3.63, 3.8) is 0 Å². The van der Waals surface area contributed by atoms with Crippen LogP contribution in [0.5, 0.6) is 5.75 Å². The lowest BCUT2D eigenvalue weighted by atomic mass is 10.1. The first-order valence-corrected chi connectivity index (χ1v) is 10.2. The fourth-order valence-corrected chi connectivity index (χ4v) is 3.81.